The van der Waals surface area contributed by atoms with Crippen LogP contribution in [0.25, 0.3) is 0 Å². The number of nitrogens with zero attached hydrogens (tertiary/aromatic N) is 1. The van der Waals surface area contributed by atoms with Gasteiger partial charge in [-0.25, -0.2) is 4.79 Å². The van der Waals surface area contributed by atoms with Crippen molar-refractivity contribution in [3.8, 4) is 0 Å². The molecule has 1 fully saturated rings. The number of carbonyl (C=O) groups is 3. The van der Waals surface area contributed by atoms with Crippen molar-refractivity contribution in [2.75, 3.05) is 13.2 Å². The minimum absolute atomic E-state index is 0.0335. The molecule has 0 aromatic heterocycles. The van der Waals surface area contributed by atoms with Gasteiger partial charge in [0.05, 0.1) is 12.6 Å². The molecule has 0 bridgehead atoms. The molecule has 1 heterocycles. The fraction of sp³-hybridized carbons (Fsp3) is 0.750. The molecule has 1 rings (SSSR count). The molecule has 0 radical (unpaired) electrons. The van der Waals surface area contributed by atoms with Crippen LogP contribution in [0.1, 0.15) is 33.6 Å². The van der Waals surface area contributed by atoms with Crippen LogP contribution in [0.5, 0.6) is 0 Å². The molecular weight excluding hydrogens is 250 g/mol. The lowest BCUT2D eigenvalue weighted by Crippen LogP contribution is -2.41. The monoisotopic (exact) mass is 271 g/mol. The van der Waals surface area contributed by atoms with E-state index in [-0.39, 0.29) is 37.4 Å². The van der Waals surface area contributed by atoms with Gasteiger partial charge in [-0.15, -0.1) is 0 Å². The summed E-state index contributed by atoms with van der Waals surface area (Å²) in [5.41, 5.74) is -0.912. The van der Waals surface area contributed by atoms with Crippen LogP contribution in [-0.4, -0.2) is 52.6 Å². The standard InChI is InChI=1S/C12H21N3O4/c1-4-8(7-16)13-9(17)5-6-15-10(18)12(2,3)14-11(15)19/h8,16H,4-7H2,1-3H3,(H,13,17)(H,14,19). The Kier molecular flexibility index (Phi) is 4.88. The summed E-state index contributed by atoms with van der Waals surface area (Å²) in [7, 11) is 0. The number of rotatable bonds is 6. The van der Waals surface area contributed by atoms with E-state index in [2.05, 4.69) is 10.6 Å². The molecule has 0 saturated carbocycles. The summed E-state index contributed by atoms with van der Waals surface area (Å²) in [6.07, 6.45) is 0.657. The first kappa shape index (κ1) is 15.4. The average molecular weight is 271 g/mol. The molecule has 3 N–H and O–H groups in total. The smallest absolute Gasteiger partial charge is 0.325 e. The normalized spacial score (nSPS) is 19.3. The van der Waals surface area contributed by atoms with E-state index in [1.807, 2.05) is 6.92 Å². The quantitative estimate of drug-likeness (QED) is 0.572. The maximum Gasteiger partial charge on any atom is 0.325 e. The van der Waals surface area contributed by atoms with Crippen LogP contribution < -0.4 is 10.6 Å². The molecule has 1 aliphatic rings. The van der Waals surface area contributed by atoms with Crippen LogP contribution >= 0.6 is 0 Å². The van der Waals surface area contributed by atoms with Crippen molar-refractivity contribution in [1.29, 1.82) is 0 Å². The molecule has 0 aromatic rings. The Morgan fingerprint density at radius 2 is 2.11 bits per heavy atom. The predicted molar refractivity (Wildman–Crippen MR) is 68.2 cm³/mol. The SMILES string of the molecule is CCC(CO)NC(=O)CCN1C(=O)NC(C)(C)C1=O. The van der Waals surface area contributed by atoms with E-state index in [9.17, 15) is 14.4 Å². The van der Waals surface area contributed by atoms with Crippen LogP contribution in [0.2, 0.25) is 0 Å². The van der Waals surface area contributed by atoms with E-state index >= 15 is 0 Å². The van der Waals surface area contributed by atoms with Crippen LogP contribution in [0.15, 0.2) is 0 Å². The van der Waals surface area contributed by atoms with Crippen molar-refractivity contribution in [2.24, 2.45) is 0 Å². The molecule has 108 valence electrons. The fourth-order valence-corrected chi connectivity index (χ4v) is 1.81. The molecule has 7 heteroatoms. The fourth-order valence-electron chi connectivity index (χ4n) is 1.81. The summed E-state index contributed by atoms with van der Waals surface area (Å²) in [4.78, 5) is 36.1. The van der Waals surface area contributed by atoms with E-state index in [0.717, 1.165) is 4.90 Å². The zero-order valence-corrected chi connectivity index (χ0v) is 11.5. The Hall–Kier alpha value is -1.63. The third-order valence-corrected chi connectivity index (χ3v) is 3.09. The van der Waals surface area contributed by atoms with Crippen molar-refractivity contribution in [3.63, 3.8) is 0 Å². The molecule has 0 aromatic carbocycles. The van der Waals surface area contributed by atoms with Crippen LogP contribution in [0.4, 0.5) is 4.79 Å². The predicted octanol–water partition coefficient (Wildman–Crippen LogP) is -0.406. The molecule has 7 nitrogen and oxygen atoms in total. The second-order valence-electron chi connectivity index (χ2n) is 5.12. The van der Waals surface area contributed by atoms with Gasteiger partial charge >= 0.3 is 6.03 Å². The Bertz CT molecular complexity index is 377. The molecule has 1 saturated heterocycles. The van der Waals surface area contributed by atoms with Gasteiger partial charge in [0, 0.05) is 13.0 Å². The molecule has 1 atom stereocenters. The van der Waals surface area contributed by atoms with Gasteiger partial charge in [-0.3, -0.25) is 14.5 Å². The number of imide groups is 1. The topological polar surface area (TPSA) is 98.7 Å². The number of amides is 4. The van der Waals surface area contributed by atoms with Crippen LogP contribution in [0.3, 0.4) is 0 Å². The van der Waals surface area contributed by atoms with E-state index < -0.39 is 11.6 Å². The zero-order valence-electron chi connectivity index (χ0n) is 11.5. The highest BCUT2D eigenvalue weighted by molar-refractivity contribution is 6.06. The largest absolute Gasteiger partial charge is 0.394 e. The summed E-state index contributed by atoms with van der Waals surface area (Å²) >= 11 is 0. The lowest BCUT2D eigenvalue weighted by Gasteiger charge is -2.17. The van der Waals surface area contributed by atoms with Gasteiger partial charge in [0.15, 0.2) is 0 Å². The first-order chi connectivity index (χ1) is 8.81. The first-order valence-corrected chi connectivity index (χ1v) is 6.36. The summed E-state index contributed by atoms with van der Waals surface area (Å²) < 4.78 is 0. The zero-order chi connectivity index (χ0) is 14.6. The number of carbonyl (C=O) groups excluding carboxylic acids is 3. The Morgan fingerprint density at radius 3 is 2.53 bits per heavy atom. The molecule has 19 heavy (non-hydrogen) atoms. The second-order valence-corrected chi connectivity index (χ2v) is 5.12. The van der Waals surface area contributed by atoms with Gasteiger partial charge in [0.25, 0.3) is 5.91 Å². The molecule has 0 spiro atoms. The van der Waals surface area contributed by atoms with Crippen LogP contribution in [0, 0.1) is 0 Å². The van der Waals surface area contributed by atoms with Crippen molar-refractivity contribution in [2.45, 2.75) is 45.2 Å². The minimum Gasteiger partial charge on any atom is -0.394 e. The summed E-state index contributed by atoms with van der Waals surface area (Å²) in [6.45, 7) is 5.00. The van der Waals surface area contributed by atoms with E-state index in [4.69, 9.17) is 5.11 Å². The van der Waals surface area contributed by atoms with E-state index in [1.165, 1.54) is 0 Å². The molecule has 1 aliphatic heterocycles. The third kappa shape index (κ3) is 3.66. The number of hydrogen-bond acceptors (Lipinski definition) is 4. The Labute approximate surface area is 112 Å². The summed E-state index contributed by atoms with van der Waals surface area (Å²) in [5, 5.41) is 14.1. The molecule has 1 unspecified atom stereocenters. The number of urea groups is 1. The maximum atomic E-state index is 11.9. The third-order valence-electron chi connectivity index (χ3n) is 3.09. The molecule has 0 aliphatic carbocycles. The van der Waals surface area contributed by atoms with Gasteiger partial charge in [0.1, 0.15) is 5.54 Å². The molecular formula is C12H21N3O4. The van der Waals surface area contributed by atoms with Gasteiger partial charge in [-0.2, -0.15) is 0 Å². The lowest BCUT2D eigenvalue weighted by atomic mass is 10.1. The van der Waals surface area contributed by atoms with Crippen molar-refractivity contribution in [1.82, 2.24) is 15.5 Å². The Balaban J connectivity index is 2.47. The van der Waals surface area contributed by atoms with Crippen LogP contribution in [-0.2, 0) is 9.59 Å². The van der Waals surface area contributed by atoms with Crippen molar-refractivity contribution in [3.05, 3.63) is 0 Å². The molecule has 4 amide bonds. The number of aliphatic hydroxyl groups is 1. The highest BCUT2D eigenvalue weighted by Gasteiger charge is 2.43. The highest BCUT2D eigenvalue weighted by Crippen LogP contribution is 2.16. The van der Waals surface area contributed by atoms with E-state index in [0.29, 0.717) is 6.42 Å². The number of hydrogen-bond donors (Lipinski definition) is 3. The van der Waals surface area contributed by atoms with Gasteiger partial charge < -0.3 is 15.7 Å². The van der Waals surface area contributed by atoms with Crippen molar-refractivity contribution >= 4 is 17.8 Å². The highest BCUT2D eigenvalue weighted by atomic mass is 16.3. The first-order valence-electron chi connectivity index (χ1n) is 6.36. The lowest BCUT2D eigenvalue weighted by molar-refractivity contribution is -0.130. The van der Waals surface area contributed by atoms with Gasteiger partial charge in [-0.1, -0.05) is 6.92 Å². The second kappa shape index (κ2) is 6.01. The average Bonchev–Trinajstić information content (AvgIpc) is 2.53. The maximum absolute atomic E-state index is 11.9. The number of nitrogens with one attached hydrogen (secondary N) is 2. The summed E-state index contributed by atoms with van der Waals surface area (Å²) in [6, 6.07) is -0.760. The minimum atomic E-state index is -0.912. The van der Waals surface area contributed by atoms with Crippen molar-refractivity contribution < 1.29 is 19.5 Å². The Morgan fingerprint density at radius 1 is 1.47 bits per heavy atom. The number of aliphatic hydroxyl groups excluding tert-OH is 1. The van der Waals surface area contributed by atoms with Gasteiger partial charge in [-0.05, 0) is 20.3 Å². The van der Waals surface area contributed by atoms with E-state index in [1.54, 1.807) is 13.8 Å². The summed E-state index contributed by atoms with van der Waals surface area (Å²) in [5.74, 6) is -0.620. The van der Waals surface area contributed by atoms with Gasteiger partial charge in [0.2, 0.25) is 5.91 Å².